The number of hydrogen-bond acceptors (Lipinski definition) is 1. The van der Waals surface area contributed by atoms with Crippen LogP contribution in [0.1, 0.15) is 12.0 Å². The van der Waals surface area contributed by atoms with Gasteiger partial charge in [-0.25, -0.2) is 0 Å². The van der Waals surface area contributed by atoms with Gasteiger partial charge in [0.2, 0.25) is 5.91 Å². The maximum Gasteiger partial charge on any atom is 0.233 e. The van der Waals surface area contributed by atoms with Crippen molar-refractivity contribution in [2.24, 2.45) is 5.92 Å². The van der Waals surface area contributed by atoms with Crippen molar-refractivity contribution < 1.29 is 4.79 Å². The van der Waals surface area contributed by atoms with Crippen LogP contribution in [0.2, 0.25) is 10.0 Å². The number of carbonyl (C=O) groups is 1. The lowest BCUT2D eigenvalue weighted by atomic mass is 9.94. The van der Waals surface area contributed by atoms with Crippen molar-refractivity contribution in [3.63, 3.8) is 0 Å². The molecule has 0 N–H and O–H groups in total. The fourth-order valence-corrected chi connectivity index (χ4v) is 3.11. The average molecular weight is 256 g/mol. The topological polar surface area (TPSA) is 20.3 Å². The molecule has 3 rings (SSSR count). The highest BCUT2D eigenvalue weighted by atomic mass is 35.5. The van der Waals surface area contributed by atoms with Crippen molar-refractivity contribution in [1.82, 2.24) is 4.90 Å². The Morgan fingerprint density at radius 3 is 2.69 bits per heavy atom. The van der Waals surface area contributed by atoms with E-state index >= 15 is 0 Å². The van der Waals surface area contributed by atoms with E-state index in [4.69, 9.17) is 23.2 Å². The second-order valence-electron chi connectivity index (χ2n) is 4.69. The Hall–Kier alpha value is -0.730. The highest BCUT2D eigenvalue weighted by molar-refractivity contribution is 6.42. The SMILES string of the molecule is CN1CC2CC2(c2ccc(Cl)c(Cl)c2)C1=O. The van der Waals surface area contributed by atoms with E-state index in [9.17, 15) is 4.79 Å². The molecular formula is C12H11Cl2NO. The number of hydrogen-bond donors (Lipinski definition) is 0. The van der Waals surface area contributed by atoms with E-state index in [0.29, 0.717) is 16.0 Å². The molecule has 0 bridgehead atoms. The minimum absolute atomic E-state index is 0.218. The second kappa shape index (κ2) is 3.14. The van der Waals surface area contributed by atoms with Crippen LogP contribution < -0.4 is 0 Å². The standard InChI is InChI=1S/C12H11Cl2NO/c1-15-6-8-5-12(8,11(15)16)7-2-3-9(13)10(14)4-7/h2-4,8H,5-6H2,1H3. The number of nitrogens with zero attached hydrogens (tertiary/aromatic N) is 1. The lowest BCUT2D eigenvalue weighted by Gasteiger charge is -2.16. The van der Waals surface area contributed by atoms with Gasteiger partial charge in [-0.2, -0.15) is 0 Å². The summed E-state index contributed by atoms with van der Waals surface area (Å²) in [4.78, 5) is 13.9. The Balaban J connectivity index is 2.05. The van der Waals surface area contributed by atoms with Crippen molar-refractivity contribution in [1.29, 1.82) is 0 Å². The summed E-state index contributed by atoms with van der Waals surface area (Å²) in [5, 5.41) is 1.07. The summed E-state index contributed by atoms with van der Waals surface area (Å²) in [5.41, 5.74) is 0.726. The van der Waals surface area contributed by atoms with Crippen LogP contribution in [0.15, 0.2) is 18.2 Å². The summed E-state index contributed by atoms with van der Waals surface area (Å²) in [7, 11) is 1.85. The highest BCUT2D eigenvalue weighted by Gasteiger charge is 2.66. The summed E-state index contributed by atoms with van der Waals surface area (Å²) in [6.45, 7) is 0.860. The highest BCUT2D eigenvalue weighted by Crippen LogP contribution is 2.59. The van der Waals surface area contributed by atoms with Crippen LogP contribution in [-0.2, 0) is 10.2 Å². The quantitative estimate of drug-likeness (QED) is 0.756. The largest absolute Gasteiger partial charge is 0.345 e. The Kier molecular flexibility index (Phi) is 2.05. The molecule has 16 heavy (non-hydrogen) atoms. The molecule has 1 aromatic rings. The predicted molar refractivity (Wildman–Crippen MR) is 63.9 cm³/mol. The Morgan fingerprint density at radius 1 is 1.38 bits per heavy atom. The Bertz CT molecular complexity index is 488. The molecule has 1 saturated carbocycles. The zero-order chi connectivity index (χ0) is 11.5. The molecule has 2 atom stereocenters. The number of benzene rings is 1. The van der Waals surface area contributed by atoms with Crippen LogP contribution >= 0.6 is 23.2 Å². The van der Waals surface area contributed by atoms with E-state index in [-0.39, 0.29) is 11.3 Å². The van der Waals surface area contributed by atoms with Gasteiger partial charge >= 0.3 is 0 Å². The molecule has 1 amide bonds. The molecule has 2 fully saturated rings. The Morgan fingerprint density at radius 2 is 2.12 bits per heavy atom. The third-order valence-corrected chi connectivity index (χ3v) is 4.50. The first-order valence-electron chi connectivity index (χ1n) is 5.27. The van der Waals surface area contributed by atoms with Gasteiger partial charge in [0.15, 0.2) is 0 Å². The summed E-state index contributed by atoms with van der Waals surface area (Å²) < 4.78 is 0. The number of rotatable bonds is 1. The predicted octanol–water partition coefficient (Wildman–Crippen LogP) is 2.72. The van der Waals surface area contributed by atoms with Gasteiger partial charge in [-0.15, -0.1) is 0 Å². The van der Waals surface area contributed by atoms with E-state index in [0.717, 1.165) is 18.5 Å². The molecule has 1 aromatic carbocycles. The van der Waals surface area contributed by atoms with Gasteiger partial charge < -0.3 is 4.90 Å². The lowest BCUT2D eigenvalue weighted by Crippen LogP contribution is -2.30. The molecule has 1 aliphatic carbocycles. The monoisotopic (exact) mass is 255 g/mol. The van der Waals surface area contributed by atoms with Crippen LogP contribution in [0, 0.1) is 5.92 Å². The lowest BCUT2D eigenvalue weighted by molar-refractivity contribution is -0.129. The molecule has 1 aliphatic heterocycles. The van der Waals surface area contributed by atoms with Crippen LogP contribution in [0.4, 0.5) is 0 Å². The van der Waals surface area contributed by atoms with Crippen LogP contribution in [-0.4, -0.2) is 24.4 Å². The summed E-state index contributed by atoms with van der Waals surface area (Å²) >= 11 is 11.9. The van der Waals surface area contributed by atoms with Crippen molar-refractivity contribution in [3.05, 3.63) is 33.8 Å². The van der Waals surface area contributed by atoms with E-state index in [1.165, 1.54) is 0 Å². The number of amides is 1. The molecule has 1 heterocycles. The molecule has 0 spiro atoms. The van der Waals surface area contributed by atoms with E-state index < -0.39 is 0 Å². The number of likely N-dealkylation sites (tertiary alicyclic amines) is 1. The molecule has 2 unspecified atom stereocenters. The maximum absolute atomic E-state index is 12.1. The molecule has 0 aromatic heterocycles. The van der Waals surface area contributed by atoms with Gasteiger partial charge in [0.05, 0.1) is 15.5 Å². The molecule has 0 radical (unpaired) electrons. The Labute approximate surface area is 104 Å². The molecule has 2 aliphatic rings. The maximum atomic E-state index is 12.1. The number of halogens is 2. The van der Waals surface area contributed by atoms with Gasteiger partial charge in [0, 0.05) is 13.6 Å². The fourth-order valence-electron chi connectivity index (χ4n) is 2.82. The van der Waals surface area contributed by atoms with Crippen molar-refractivity contribution in [3.8, 4) is 0 Å². The summed E-state index contributed by atoms with van der Waals surface area (Å²) in [5.74, 6) is 0.679. The summed E-state index contributed by atoms with van der Waals surface area (Å²) in [6.07, 6.45) is 0.953. The van der Waals surface area contributed by atoms with Gasteiger partial charge in [0.1, 0.15) is 0 Å². The third kappa shape index (κ3) is 1.17. The van der Waals surface area contributed by atoms with Crippen molar-refractivity contribution in [2.45, 2.75) is 11.8 Å². The first-order valence-corrected chi connectivity index (χ1v) is 6.02. The third-order valence-electron chi connectivity index (χ3n) is 3.76. The zero-order valence-corrected chi connectivity index (χ0v) is 10.3. The molecule has 4 heteroatoms. The fraction of sp³-hybridized carbons (Fsp3) is 0.417. The van der Waals surface area contributed by atoms with Gasteiger partial charge in [-0.3, -0.25) is 4.79 Å². The van der Waals surface area contributed by atoms with Crippen LogP contribution in [0.5, 0.6) is 0 Å². The number of likely N-dealkylation sites (N-methyl/N-ethyl adjacent to an activating group) is 1. The minimum atomic E-state index is -0.289. The van der Waals surface area contributed by atoms with E-state index in [1.807, 2.05) is 19.2 Å². The molecular weight excluding hydrogens is 245 g/mol. The van der Waals surface area contributed by atoms with Crippen LogP contribution in [0.25, 0.3) is 0 Å². The van der Waals surface area contributed by atoms with E-state index in [2.05, 4.69) is 0 Å². The number of piperidine rings is 1. The molecule has 1 saturated heterocycles. The minimum Gasteiger partial charge on any atom is -0.345 e. The number of carbonyl (C=O) groups excluding carboxylic acids is 1. The van der Waals surface area contributed by atoms with E-state index in [1.54, 1.807) is 11.0 Å². The molecule has 2 nitrogen and oxygen atoms in total. The summed E-state index contributed by atoms with van der Waals surface area (Å²) in [6, 6.07) is 5.53. The first-order chi connectivity index (χ1) is 7.55. The van der Waals surface area contributed by atoms with Crippen molar-refractivity contribution >= 4 is 29.1 Å². The normalized spacial score (nSPS) is 31.8. The molecule has 84 valence electrons. The van der Waals surface area contributed by atoms with Crippen molar-refractivity contribution in [2.75, 3.05) is 13.6 Å². The second-order valence-corrected chi connectivity index (χ2v) is 5.50. The van der Waals surface area contributed by atoms with Gasteiger partial charge in [-0.05, 0) is 30.0 Å². The smallest absolute Gasteiger partial charge is 0.233 e. The van der Waals surface area contributed by atoms with Gasteiger partial charge in [-0.1, -0.05) is 29.3 Å². The van der Waals surface area contributed by atoms with Crippen LogP contribution in [0.3, 0.4) is 0 Å². The van der Waals surface area contributed by atoms with Gasteiger partial charge in [0.25, 0.3) is 0 Å². The first kappa shape index (κ1) is 10.4. The number of fused-ring (bicyclic) bond motifs is 1. The average Bonchev–Trinajstić information content (AvgIpc) is 2.90. The zero-order valence-electron chi connectivity index (χ0n) is 8.84.